The maximum absolute atomic E-state index is 13.3. The summed E-state index contributed by atoms with van der Waals surface area (Å²) in [5, 5.41) is 16.4. The van der Waals surface area contributed by atoms with Gasteiger partial charge < -0.3 is 0 Å². The quantitative estimate of drug-likeness (QED) is 0.143. The number of imide groups is 1. The van der Waals surface area contributed by atoms with Crippen molar-refractivity contribution in [1.82, 2.24) is 9.88 Å². The molecule has 1 aliphatic heterocycles. The number of nitrogens with zero attached hydrogens (tertiary/aromatic N) is 5. The molecule has 0 atom stereocenters. The summed E-state index contributed by atoms with van der Waals surface area (Å²) in [5.74, 6) is -1.80. The first-order chi connectivity index (χ1) is 16.8. The number of anilines is 1. The highest BCUT2D eigenvalue weighted by Gasteiger charge is 2.37. The number of rotatable bonds is 6. The number of hydrogen-bond donors (Lipinski definition) is 0. The summed E-state index contributed by atoms with van der Waals surface area (Å²) in [5.41, 5.74) is 1.10. The highest BCUT2D eigenvalue weighted by molar-refractivity contribution is 9.10. The van der Waals surface area contributed by atoms with Crippen molar-refractivity contribution in [2.75, 3.05) is 11.6 Å². The Bertz CT molecular complexity index is 1530. The van der Waals surface area contributed by atoms with Gasteiger partial charge in [-0.25, -0.2) is 4.98 Å². The summed E-state index contributed by atoms with van der Waals surface area (Å²) in [7, 11) is 0. The van der Waals surface area contributed by atoms with E-state index in [2.05, 4.69) is 26.0 Å². The van der Waals surface area contributed by atoms with E-state index in [4.69, 9.17) is 0 Å². The zero-order valence-electron chi connectivity index (χ0n) is 17.5. The third-order valence-corrected chi connectivity index (χ3v) is 7.48. The number of aromatic nitrogens is 1. The summed E-state index contributed by atoms with van der Waals surface area (Å²) in [6.07, 6.45) is 1.31. The number of fused-ring (bicyclic) bond motifs is 2. The van der Waals surface area contributed by atoms with E-state index >= 15 is 0 Å². The Kier molecular flexibility index (Phi) is 5.96. The van der Waals surface area contributed by atoms with Gasteiger partial charge in [0, 0.05) is 10.5 Å². The molecule has 0 radical (unpaired) electrons. The topological polar surface area (TPSA) is 126 Å². The van der Waals surface area contributed by atoms with E-state index < -0.39 is 29.2 Å². The van der Waals surface area contributed by atoms with Crippen molar-refractivity contribution in [3.63, 3.8) is 0 Å². The van der Waals surface area contributed by atoms with Crippen molar-refractivity contribution in [2.45, 2.75) is 0 Å². The van der Waals surface area contributed by atoms with Gasteiger partial charge in [0.05, 0.1) is 37.4 Å². The summed E-state index contributed by atoms with van der Waals surface area (Å²) in [4.78, 5) is 55.1. The van der Waals surface area contributed by atoms with Crippen LogP contribution < -0.4 is 5.01 Å². The number of benzene rings is 2. The molecule has 3 amide bonds. The second-order valence-electron chi connectivity index (χ2n) is 7.23. The fourth-order valence-corrected chi connectivity index (χ4v) is 5.59. The van der Waals surface area contributed by atoms with Crippen molar-refractivity contribution in [2.24, 2.45) is 5.10 Å². The number of thiophene rings is 1. The minimum Gasteiger partial charge on any atom is -0.270 e. The van der Waals surface area contributed by atoms with Gasteiger partial charge in [-0.2, -0.15) is 10.1 Å². The van der Waals surface area contributed by atoms with Crippen molar-refractivity contribution in [3.8, 4) is 0 Å². The van der Waals surface area contributed by atoms with Crippen LogP contribution in [0.4, 0.5) is 10.1 Å². The van der Waals surface area contributed by atoms with E-state index in [1.54, 1.807) is 18.2 Å². The number of nitro groups is 1. The van der Waals surface area contributed by atoms with Gasteiger partial charge in [-0.3, -0.25) is 29.4 Å². The molecule has 13 heteroatoms. The van der Waals surface area contributed by atoms with Crippen molar-refractivity contribution in [3.05, 3.63) is 85.2 Å². The van der Waals surface area contributed by atoms with E-state index in [0.29, 0.717) is 10.4 Å². The predicted molar refractivity (Wildman–Crippen MR) is 135 cm³/mol. The lowest BCUT2D eigenvalue weighted by Crippen LogP contribution is -2.41. The highest BCUT2D eigenvalue weighted by atomic mass is 79.9. The average molecular weight is 570 g/mol. The summed E-state index contributed by atoms with van der Waals surface area (Å²) >= 11 is 5.49. The smallest absolute Gasteiger partial charge is 0.270 e. The fraction of sp³-hybridized carbons (Fsp3) is 0.0455. The largest absolute Gasteiger partial charge is 0.324 e. The first kappa shape index (κ1) is 23.0. The Morgan fingerprint density at radius 2 is 1.83 bits per heavy atom. The Morgan fingerprint density at radius 3 is 2.49 bits per heavy atom. The van der Waals surface area contributed by atoms with E-state index in [0.717, 1.165) is 30.4 Å². The van der Waals surface area contributed by atoms with Crippen LogP contribution in [0.5, 0.6) is 0 Å². The molecule has 35 heavy (non-hydrogen) atoms. The molecule has 174 valence electrons. The van der Waals surface area contributed by atoms with Gasteiger partial charge >= 0.3 is 5.00 Å². The zero-order valence-corrected chi connectivity index (χ0v) is 20.7. The second kappa shape index (κ2) is 9.09. The lowest BCUT2D eigenvalue weighted by Gasteiger charge is -2.18. The summed E-state index contributed by atoms with van der Waals surface area (Å²) < 4.78 is 1.62. The van der Waals surface area contributed by atoms with Crippen LogP contribution >= 0.6 is 38.6 Å². The molecule has 5 rings (SSSR count). The molecule has 10 nitrogen and oxygen atoms in total. The highest BCUT2D eigenvalue weighted by Crippen LogP contribution is 2.32. The fourth-order valence-electron chi connectivity index (χ4n) is 3.41. The first-order valence-electron chi connectivity index (χ1n) is 9.94. The number of halogens is 1. The SMILES string of the molecule is O=C1c2ccccc2C(=O)N1CC(=O)N(/N=C/c1ccc([N+](=O)[O-])s1)c1nc2ccc(Br)cc2s1. The molecule has 0 N–H and O–H groups in total. The minimum atomic E-state index is -0.667. The molecule has 0 fully saturated rings. The van der Waals surface area contributed by atoms with Crippen LogP contribution in [0.1, 0.15) is 25.6 Å². The second-order valence-corrected chi connectivity index (χ2v) is 10.3. The number of hydrogen-bond acceptors (Lipinski definition) is 9. The lowest BCUT2D eigenvalue weighted by atomic mass is 10.1. The molecule has 1 aliphatic rings. The molecule has 0 aliphatic carbocycles. The van der Waals surface area contributed by atoms with E-state index in [-0.39, 0.29) is 21.3 Å². The Morgan fingerprint density at radius 1 is 1.11 bits per heavy atom. The molecule has 0 spiro atoms. The van der Waals surface area contributed by atoms with Gasteiger partial charge in [-0.15, -0.1) is 0 Å². The van der Waals surface area contributed by atoms with Gasteiger partial charge in [0.15, 0.2) is 0 Å². The van der Waals surface area contributed by atoms with Gasteiger partial charge in [0.25, 0.3) is 17.7 Å². The van der Waals surface area contributed by atoms with Gasteiger partial charge in [0.1, 0.15) is 6.54 Å². The number of thiazole rings is 1. The third kappa shape index (κ3) is 4.36. The number of carbonyl (C=O) groups excluding carboxylic acids is 3. The Hall–Kier alpha value is -3.81. The van der Waals surface area contributed by atoms with Crippen LogP contribution in [0.3, 0.4) is 0 Å². The molecule has 0 saturated heterocycles. The maximum atomic E-state index is 13.3. The molecule has 0 bridgehead atoms. The molecule has 2 aromatic carbocycles. The van der Waals surface area contributed by atoms with Crippen LogP contribution in [0.25, 0.3) is 10.2 Å². The van der Waals surface area contributed by atoms with Crippen LogP contribution in [0, 0.1) is 10.1 Å². The molecule has 3 heterocycles. The summed E-state index contributed by atoms with van der Waals surface area (Å²) in [6.45, 7) is -0.548. The van der Waals surface area contributed by atoms with Crippen LogP contribution in [0.15, 0.2) is 64.2 Å². The normalized spacial score (nSPS) is 13.1. The van der Waals surface area contributed by atoms with Crippen LogP contribution in [0.2, 0.25) is 0 Å². The van der Waals surface area contributed by atoms with Crippen molar-refractivity contribution in [1.29, 1.82) is 0 Å². The Labute approximate surface area is 213 Å². The van der Waals surface area contributed by atoms with Crippen molar-refractivity contribution < 1.29 is 19.3 Å². The molecule has 2 aromatic heterocycles. The van der Waals surface area contributed by atoms with Crippen LogP contribution in [-0.4, -0.2) is 45.3 Å². The number of hydrazone groups is 1. The lowest BCUT2D eigenvalue weighted by molar-refractivity contribution is -0.380. The van der Waals surface area contributed by atoms with Crippen molar-refractivity contribution >= 4 is 82.9 Å². The molecule has 0 unspecified atom stereocenters. The molecule has 0 saturated carbocycles. The monoisotopic (exact) mass is 569 g/mol. The maximum Gasteiger partial charge on any atom is 0.324 e. The first-order valence-corrected chi connectivity index (χ1v) is 12.4. The number of amides is 3. The number of carbonyl (C=O) groups is 3. The molecule has 4 aromatic rings. The Balaban J connectivity index is 1.48. The standard InChI is InChI=1S/C22H12BrN5O5S2/c23-12-5-7-16-17(9-12)35-22(25-16)27(24-10-13-6-8-19(34-13)28(32)33)18(29)11-26-20(30)14-3-1-2-4-15(14)21(26)31/h1-10H,11H2/b24-10+. The van der Waals surface area contributed by atoms with Crippen LogP contribution in [-0.2, 0) is 4.79 Å². The van der Waals surface area contributed by atoms with E-state index in [1.807, 2.05) is 12.1 Å². The van der Waals surface area contributed by atoms with Gasteiger partial charge in [0.2, 0.25) is 5.13 Å². The van der Waals surface area contributed by atoms with Gasteiger partial charge in [-0.05, 0) is 36.4 Å². The zero-order chi connectivity index (χ0) is 24.7. The van der Waals surface area contributed by atoms with E-state index in [9.17, 15) is 24.5 Å². The predicted octanol–water partition coefficient (Wildman–Crippen LogP) is 4.69. The van der Waals surface area contributed by atoms with E-state index in [1.165, 1.54) is 41.8 Å². The molecular weight excluding hydrogens is 558 g/mol. The minimum absolute atomic E-state index is 0.0693. The third-order valence-electron chi connectivity index (χ3n) is 5.02. The van der Waals surface area contributed by atoms with Gasteiger partial charge in [-0.1, -0.05) is 50.7 Å². The molecular formula is C22H12BrN5O5S2. The average Bonchev–Trinajstić information content (AvgIpc) is 3.53. The summed E-state index contributed by atoms with van der Waals surface area (Å²) in [6, 6.07) is 14.6.